The highest BCUT2D eigenvalue weighted by molar-refractivity contribution is 5.11. The van der Waals surface area contributed by atoms with Crippen molar-refractivity contribution in [2.24, 2.45) is 7.05 Å². The van der Waals surface area contributed by atoms with Gasteiger partial charge in [-0.1, -0.05) is 6.92 Å². The third-order valence-electron chi connectivity index (χ3n) is 4.29. The molecule has 1 saturated heterocycles. The minimum Gasteiger partial charge on any atom is -0.307 e. The molecule has 114 valence electrons. The van der Waals surface area contributed by atoms with Gasteiger partial charge in [0.2, 0.25) is 0 Å². The maximum Gasteiger partial charge on any atom is 0.0662 e. The van der Waals surface area contributed by atoms with Crippen molar-refractivity contribution in [3.8, 4) is 0 Å². The van der Waals surface area contributed by atoms with E-state index in [1.165, 1.54) is 18.7 Å². The number of likely N-dealkylation sites (N-methyl/N-ethyl adjacent to an activating group) is 2. The van der Waals surface area contributed by atoms with Crippen molar-refractivity contribution in [3.63, 3.8) is 0 Å². The van der Waals surface area contributed by atoms with Gasteiger partial charge in [-0.2, -0.15) is 5.10 Å². The van der Waals surface area contributed by atoms with Crippen LogP contribution in [-0.2, 0) is 7.05 Å². The van der Waals surface area contributed by atoms with E-state index in [2.05, 4.69) is 47.3 Å². The highest BCUT2D eigenvalue weighted by atomic mass is 15.3. The summed E-state index contributed by atoms with van der Waals surface area (Å²) in [6.45, 7) is 6.72. The van der Waals surface area contributed by atoms with E-state index >= 15 is 0 Å². The molecule has 0 radical (unpaired) electrons. The summed E-state index contributed by atoms with van der Waals surface area (Å²) < 4.78 is 2.01. The lowest BCUT2D eigenvalue weighted by molar-refractivity contribution is 0.174. The van der Waals surface area contributed by atoms with Gasteiger partial charge in [0.25, 0.3) is 0 Å². The Morgan fingerprint density at radius 1 is 1.35 bits per heavy atom. The van der Waals surface area contributed by atoms with Crippen molar-refractivity contribution in [1.29, 1.82) is 0 Å². The lowest BCUT2D eigenvalue weighted by atomic mass is 10.0. The van der Waals surface area contributed by atoms with Crippen LogP contribution in [0, 0.1) is 0 Å². The molecule has 5 nitrogen and oxygen atoms in total. The quantitative estimate of drug-likeness (QED) is 0.875. The predicted molar refractivity (Wildman–Crippen MR) is 82.8 cm³/mol. The van der Waals surface area contributed by atoms with Crippen LogP contribution in [0.25, 0.3) is 0 Å². The molecule has 0 spiro atoms. The average Bonchev–Trinajstić information content (AvgIpc) is 2.76. The summed E-state index contributed by atoms with van der Waals surface area (Å²) in [6, 6.07) is 2.98. The molecule has 5 heteroatoms. The molecule has 1 N–H and O–H groups in total. The molecule has 0 saturated carbocycles. The third-order valence-corrected chi connectivity index (χ3v) is 4.29. The zero-order chi connectivity index (χ0) is 14.5. The van der Waals surface area contributed by atoms with Crippen molar-refractivity contribution < 1.29 is 0 Å². The monoisotopic (exact) mass is 279 g/mol. The molecule has 2 rings (SSSR count). The Bertz CT molecular complexity index is 403. The molecule has 1 aromatic heterocycles. The number of hydrogen-bond donors (Lipinski definition) is 1. The van der Waals surface area contributed by atoms with Crippen LogP contribution in [0.2, 0.25) is 0 Å². The molecular weight excluding hydrogens is 250 g/mol. The highest BCUT2D eigenvalue weighted by Crippen LogP contribution is 2.22. The third kappa shape index (κ3) is 3.59. The topological polar surface area (TPSA) is 36.3 Å². The molecule has 1 aromatic rings. The normalized spacial score (nSPS) is 23.7. The van der Waals surface area contributed by atoms with Crippen molar-refractivity contribution in [2.75, 3.05) is 40.3 Å². The number of aromatic nitrogens is 2. The Hall–Kier alpha value is -0.910. The zero-order valence-electron chi connectivity index (χ0n) is 13.3. The fourth-order valence-corrected chi connectivity index (χ4v) is 3.09. The summed E-state index contributed by atoms with van der Waals surface area (Å²) in [5, 5.41) is 8.08. The first-order valence-electron chi connectivity index (χ1n) is 7.73. The SMILES string of the molecule is CCCNC(c1ccnn1C)C1CN(C)CCCN1C. The van der Waals surface area contributed by atoms with E-state index in [1.54, 1.807) is 0 Å². The number of aryl methyl sites for hydroxylation is 1. The first-order valence-corrected chi connectivity index (χ1v) is 7.73. The molecule has 20 heavy (non-hydrogen) atoms. The van der Waals surface area contributed by atoms with Crippen molar-refractivity contribution in [2.45, 2.75) is 31.8 Å². The van der Waals surface area contributed by atoms with Crippen molar-refractivity contribution in [3.05, 3.63) is 18.0 Å². The van der Waals surface area contributed by atoms with Gasteiger partial charge in [-0.05, 0) is 52.6 Å². The number of rotatable bonds is 5. The van der Waals surface area contributed by atoms with Crippen LogP contribution in [-0.4, -0.2) is 65.9 Å². The Morgan fingerprint density at radius 3 is 2.80 bits per heavy atom. The lowest BCUT2D eigenvalue weighted by Gasteiger charge is -2.35. The fraction of sp³-hybridized carbons (Fsp3) is 0.800. The number of nitrogens with zero attached hydrogens (tertiary/aromatic N) is 4. The van der Waals surface area contributed by atoms with Gasteiger partial charge < -0.3 is 15.1 Å². The second-order valence-electron chi connectivity index (χ2n) is 5.98. The van der Waals surface area contributed by atoms with Gasteiger partial charge in [-0.25, -0.2) is 0 Å². The molecule has 1 aliphatic heterocycles. The standard InChI is InChI=1S/C15H29N5/c1-5-8-16-15(13-7-9-17-20(13)4)14-12-18(2)10-6-11-19(14)3/h7,9,14-16H,5-6,8,10-12H2,1-4H3. The highest BCUT2D eigenvalue weighted by Gasteiger charge is 2.30. The first kappa shape index (κ1) is 15.5. The molecule has 2 unspecified atom stereocenters. The van der Waals surface area contributed by atoms with Crippen molar-refractivity contribution in [1.82, 2.24) is 24.9 Å². The summed E-state index contributed by atoms with van der Waals surface area (Å²) in [5.41, 5.74) is 1.28. The van der Waals surface area contributed by atoms with Gasteiger partial charge in [0.05, 0.1) is 11.7 Å². The largest absolute Gasteiger partial charge is 0.307 e. The molecule has 0 amide bonds. The molecule has 0 aliphatic carbocycles. The second kappa shape index (κ2) is 7.20. The fourth-order valence-electron chi connectivity index (χ4n) is 3.09. The average molecular weight is 279 g/mol. The van der Waals surface area contributed by atoms with E-state index in [1.807, 2.05) is 17.9 Å². The van der Waals surface area contributed by atoms with Crippen LogP contribution in [0.3, 0.4) is 0 Å². The van der Waals surface area contributed by atoms with Crippen LogP contribution >= 0.6 is 0 Å². The Balaban J connectivity index is 2.22. The van der Waals surface area contributed by atoms with Gasteiger partial charge in [0.1, 0.15) is 0 Å². The van der Waals surface area contributed by atoms with Crippen LogP contribution in [0.4, 0.5) is 0 Å². The lowest BCUT2D eigenvalue weighted by Crippen LogP contribution is -2.47. The van der Waals surface area contributed by atoms with E-state index < -0.39 is 0 Å². The van der Waals surface area contributed by atoms with Crippen LogP contribution in [0.1, 0.15) is 31.5 Å². The summed E-state index contributed by atoms with van der Waals surface area (Å²) in [5.74, 6) is 0. The smallest absolute Gasteiger partial charge is 0.0662 e. The summed E-state index contributed by atoms with van der Waals surface area (Å²) >= 11 is 0. The summed E-state index contributed by atoms with van der Waals surface area (Å²) in [6.07, 6.45) is 4.30. The van der Waals surface area contributed by atoms with Crippen LogP contribution in [0.5, 0.6) is 0 Å². The van der Waals surface area contributed by atoms with Crippen molar-refractivity contribution >= 4 is 0 Å². The molecular formula is C15H29N5. The summed E-state index contributed by atoms with van der Waals surface area (Å²) in [4.78, 5) is 4.95. The molecule has 1 aliphatic rings. The Labute approximate surface area is 122 Å². The Morgan fingerprint density at radius 2 is 2.15 bits per heavy atom. The van der Waals surface area contributed by atoms with Gasteiger partial charge in [0, 0.05) is 25.8 Å². The number of hydrogen-bond acceptors (Lipinski definition) is 4. The van der Waals surface area contributed by atoms with E-state index in [9.17, 15) is 0 Å². The van der Waals surface area contributed by atoms with E-state index in [0.717, 1.165) is 26.1 Å². The van der Waals surface area contributed by atoms with Crippen LogP contribution in [0.15, 0.2) is 12.3 Å². The first-order chi connectivity index (χ1) is 9.63. The maximum absolute atomic E-state index is 4.35. The minimum absolute atomic E-state index is 0.341. The van der Waals surface area contributed by atoms with Crippen LogP contribution < -0.4 is 5.32 Å². The Kier molecular flexibility index (Phi) is 5.57. The molecule has 2 heterocycles. The molecule has 0 bridgehead atoms. The molecule has 1 fully saturated rings. The van der Waals surface area contributed by atoms with Gasteiger partial charge in [0.15, 0.2) is 0 Å². The second-order valence-corrected chi connectivity index (χ2v) is 5.98. The van der Waals surface area contributed by atoms with E-state index in [4.69, 9.17) is 0 Å². The number of nitrogens with one attached hydrogen (secondary N) is 1. The molecule has 0 aromatic carbocycles. The van der Waals surface area contributed by atoms with E-state index in [0.29, 0.717) is 12.1 Å². The van der Waals surface area contributed by atoms with E-state index in [-0.39, 0.29) is 0 Å². The molecule has 2 atom stereocenters. The van der Waals surface area contributed by atoms with Gasteiger partial charge >= 0.3 is 0 Å². The zero-order valence-corrected chi connectivity index (χ0v) is 13.3. The minimum atomic E-state index is 0.341. The van der Waals surface area contributed by atoms with Gasteiger partial charge in [-0.15, -0.1) is 0 Å². The maximum atomic E-state index is 4.35. The van der Waals surface area contributed by atoms with Gasteiger partial charge in [-0.3, -0.25) is 4.68 Å². The summed E-state index contributed by atoms with van der Waals surface area (Å²) in [7, 11) is 6.52. The predicted octanol–water partition coefficient (Wildman–Crippen LogP) is 1.10.